The number of halogens is 2. The van der Waals surface area contributed by atoms with Crippen molar-refractivity contribution in [2.24, 2.45) is 0 Å². The Labute approximate surface area is 203 Å². The van der Waals surface area contributed by atoms with Crippen LogP contribution >= 0.6 is 23.2 Å². The first-order chi connectivity index (χ1) is 16.1. The summed E-state index contributed by atoms with van der Waals surface area (Å²) in [6, 6.07) is 15.0. The summed E-state index contributed by atoms with van der Waals surface area (Å²) in [4.78, 5) is 27.1. The largest absolute Gasteiger partial charge is 0.356 e. The highest BCUT2D eigenvalue weighted by Gasteiger charge is 2.29. The predicted octanol–water partition coefficient (Wildman–Crippen LogP) is 6.03. The molecule has 1 N–H and O–H groups in total. The average Bonchev–Trinajstić information content (AvgIpc) is 2.86. The Morgan fingerprint density at radius 2 is 1.61 bits per heavy atom. The first-order valence-electron chi connectivity index (χ1n) is 11.3. The van der Waals surface area contributed by atoms with Crippen LogP contribution < -0.4 is 10.2 Å². The zero-order valence-corrected chi connectivity index (χ0v) is 19.7. The van der Waals surface area contributed by atoms with Crippen LogP contribution in [0.3, 0.4) is 0 Å². The number of piperidine rings is 1. The molecule has 8 heteroatoms. The fourth-order valence-corrected chi connectivity index (χ4v) is 4.95. The maximum absolute atomic E-state index is 13.1. The molecule has 0 radical (unpaired) electrons. The number of fused-ring (bicyclic) bond motifs is 1. The lowest BCUT2D eigenvalue weighted by molar-refractivity contribution is 0.206. The van der Waals surface area contributed by atoms with Gasteiger partial charge in [-0.15, -0.1) is 0 Å². The number of hydrogen-bond acceptors (Lipinski definition) is 4. The van der Waals surface area contributed by atoms with Gasteiger partial charge in [0.05, 0.1) is 28.0 Å². The van der Waals surface area contributed by atoms with E-state index >= 15 is 0 Å². The van der Waals surface area contributed by atoms with E-state index in [1.165, 1.54) is 6.42 Å². The topological polar surface area (TPSA) is 61.4 Å². The lowest BCUT2D eigenvalue weighted by Crippen LogP contribution is -2.41. The summed E-state index contributed by atoms with van der Waals surface area (Å²) in [6.45, 7) is 2.95. The summed E-state index contributed by atoms with van der Waals surface area (Å²) in [6.07, 6.45) is 4.20. The van der Waals surface area contributed by atoms with Crippen molar-refractivity contribution in [3.8, 4) is 11.4 Å². The summed E-state index contributed by atoms with van der Waals surface area (Å²) in [5.41, 5.74) is 3.49. The number of para-hydroxylation sites is 1. The number of carbonyl (C=O) groups excluding carboxylic acids is 1. The summed E-state index contributed by atoms with van der Waals surface area (Å²) in [5, 5.41) is 3.71. The molecule has 2 aliphatic heterocycles. The summed E-state index contributed by atoms with van der Waals surface area (Å²) in [5.74, 6) is 1.70. The number of benzene rings is 2. The molecule has 6 nitrogen and oxygen atoms in total. The first kappa shape index (κ1) is 22.0. The van der Waals surface area contributed by atoms with Crippen LogP contribution in [0.1, 0.15) is 30.5 Å². The van der Waals surface area contributed by atoms with Crippen molar-refractivity contribution in [2.75, 3.05) is 29.9 Å². The smallest absolute Gasteiger partial charge is 0.322 e. The molecule has 3 heterocycles. The van der Waals surface area contributed by atoms with Crippen molar-refractivity contribution in [1.82, 2.24) is 14.9 Å². The van der Waals surface area contributed by atoms with Crippen LogP contribution in [0.15, 0.2) is 48.5 Å². The second-order valence-corrected chi connectivity index (χ2v) is 9.22. The van der Waals surface area contributed by atoms with Gasteiger partial charge in [-0.1, -0.05) is 59.6 Å². The average molecular weight is 482 g/mol. The van der Waals surface area contributed by atoms with Gasteiger partial charge in [0, 0.05) is 37.2 Å². The van der Waals surface area contributed by atoms with Crippen LogP contribution in [-0.4, -0.2) is 40.5 Å². The Balaban J connectivity index is 1.46. The lowest BCUT2D eigenvalue weighted by Gasteiger charge is -2.34. The predicted molar refractivity (Wildman–Crippen MR) is 133 cm³/mol. The first-order valence-corrected chi connectivity index (χ1v) is 12.1. The molecule has 0 aliphatic carbocycles. The van der Waals surface area contributed by atoms with Crippen molar-refractivity contribution in [1.29, 1.82) is 0 Å². The normalized spacial score (nSPS) is 15.8. The van der Waals surface area contributed by atoms with Gasteiger partial charge in [0.15, 0.2) is 5.82 Å². The van der Waals surface area contributed by atoms with Gasteiger partial charge >= 0.3 is 6.03 Å². The molecule has 0 bridgehead atoms. The summed E-state index contributed by atoms with van der Waals surface area (Å²) < 4.78 is 0. The van der Waals surface area contributed by atoms with E-state index in [9.17, 15) is 4.79 Å². The van der Waals surface area contributed by atoms with Gasteiger partial charge in [0.25, 0.3) is 0 Å². The minimum atomic E-state index is -0.229. The number of urea groups is 1. The van der Waals surface area contributed by atoms with E-state index < -0.39 is 0 Å². The number of nitrogens with zero attached hydrogens (tertiary/aromatic N) is 4. The Morgan fingerprint density at radius 3 is 2.33 bits per heavy atom. The lowest BCUT2D eigenvalue weighted by atomic mass is 10.0. The standard InChI is InChI=1S/C25H25Cl2N5O/c26-19-10-7-11-20(27)22(19)29-25(33)32-15-12-21-18(16-32)24(31-13-5-2-6-14-31)30-23(28-21)17-8-3-1-4-9-17/h1,3-4,7-11H,2,5-6,12-16H2,(H,29,33). The monoisotopic (exact) mass is 481 g/mol. The molecule has 2 aromatic carbocycles. The number of anilines is 2. The van der Waals surface area contributed by atoms with Gasteiger partial charge in [-0.3, -0.25) is 0 Å². The molecule has 1 fully saturated rings. The molecule has 0 unspecified atom stereocenters. The molecule has 0 spiro atoms. The maximum Gasteiger partial charge on any atom is 0.322 e. The van der Waals surface area contributed by atoms with Gasteiger partial charge in [-0.25, -0.2) is 14.8 Å². The highest BCUT2D eigenvalue weighted by molar-refractivity contribution is 6.39. The Kier molecular flexibility index (Phi) is 6.38. The number of hydrogen-bond donors (Lipinski definition) is 1. The van der Waals surface area contributed by atoms with Gasteiger partial charge in [-0.2, -0.15) is 0 Å². The van der Waals surface area contributed by atoms with E-state index in [4.69, 9.17) is 33.2 Å². The fraction of sp³-hybridized carbons (Fsp3) is 0.320. The van der Waals surface area contributed by atoms with Crippen LogP contribution in [0.25, 0.3) is 11.4 Å². The zero-order valence-electron chi connectivity index (χ0n) is 18.2. The van der Waals surface area contributed by atoms with E-state index in [0.717, 1.165) is 54.4 Å². The van der Waals surface area contributed by atoms with Gasteiger partial charge in [0.2, 0.25) is 0 Å². The quantitative estimate of drug-likeness (QED) is 0.495. The number of nitrogens with one attached hydrogen (secondary N) is 1. The highest BCUT2D eigenvalue weighted by Crippen LogP contribution is 2.33. The Hall–Kier alpha value is -2.83. The second kappa shape index (κ2) is 9.57. The van der Waals surface area contributed by atoms with Crippen LogP contribution in [0.5, 0.6) is 0 Å². The molecular weight excluding hydrogens is 457 g/mol. The van der Waals surface area contributed by atoms with Crippen molar-refractivity contribution in [3.63, 3.8) is 0 Å². The van der Waals surface area contributed by atoms with E-state index in [1.54, 1.807) is 23.1 Å². The van der Waals surface area contributed by atoms with Crippen LogP contribution in [0, 0.1) is 0 Å². The molecule has 2 amide bonds. The third-order valence-corrected chi connectivity index (χ3v) is 6.84. The summed E-state index contributed by atoms with van der Waals surface area (Å²) >= 11 is 12.5. The summed E-state index contributed by atoms with van der Waals surface area (Å²) in [7, 11) is 0. The van der Waals surface area contributed by atoms with Gasteiger partial charge in [0.1, 0.15) is 5.82 Å². The molecule has 0 saturated carbocycles. The molecular formula is C25H25Cl2N5O. The maximum atomic E-state index is 13.1. The molecule has 1 aromatic heterocycles. The fourth-order valence-electron chi connectivity index (χ4n) is 4.46. The van der Waals surface area contributed by atoms with Crippen molar-refractivity contribution in [2.45, 2.75) is 32.2 Å². The number of carbonyl (C=O) groups is 1. The molecule has 3 aromatic rings. The van der Waals surface area contributed by atoms with Crippen LogP contribution in [0.2, 0.25) is 10.0 Å². The number of aromatic nitrogens is 2. The third-order valence-electron chi connectivity index (χ3n) is 6.21. The number of amides is 2. The molecule has 33 heavy (non-hydrogen) atoms. The minimum absolute atomic E-state index is 0.229. The van der Waals surface area contributed by atoms with Crippen molar-refractivity contribution < 1.29 is 4.79 Å². The van der Waals surface area contributed by atoms with Crippen molar-refractivity contribution in [3.05, 3.63) is 69.8 Å². The van der Waals surface area contributed by atoms with Gasteiger partial charge < -0.3 is 15.1 Å². The Morgan fingerprint density at radius 1 is 0.879 bits per heavy atom. The van der Waals surface area contributed by atoms with E-state index in [1.807, 2.05) is 30.3 Å². The third kappa shape index (κ3) is 4.63. The molecule has 1 saturated heterocycles. The molecule has 2 aliphatic rings. The zero-order chi connectivity index (χ0) is 22.8. The van der Waals surface area contributed by atoms with Crippen LogP contribution in [0.4, 0.5) is 16.3 Å². The molecule has 5 rings (SSSR count). The highest BCUT2D eigenvalue weighted by atomic mass is 35.5. The number of rotatable bonds is 3. The SMILES string of the molecule is O=C(Nc1c(Cl)cccc1Cl)N1CCc2nc(-c3ccccc3)nc(N3CCCCC3)c2C1. The van der Waals surface area contributed by atoms with Gasteiger partial charge in [-0.05, 0) is 31.4 Å². The molecule has 0 atom stereocenters. The Bertz CT molecular complexity index is 1140. The van der Waals surface area contributed by atoms with Crippen LogP contribution in [-0.2, 0) is 13.0 Å². The van der Waals surface area contributed by atoms with E-state index in [2.05, 4.69) is 10.2 Å². The van der Waals surface area contributed by atoms with E-state index in [-0.39, 0.29) is 6.03 Å². The van der Waals surface area contributed by atoms with Crippen molar-refractivity contribution >= 4 is 40.7 Å². The molecule has 170 valence electrons. The van der Waals surface area contributed by atoms with E-state index in [0.29, 0.717) is 35.2 Å². The minimum Gasteiger partial charge on any atom is -0.356 e. The second-order valence-electron chi connectivity index (χ2n) is 8.41.